The van der Waals surface area contributed by atoms with Gasteiger partial charge in [0.1, 0.15) is 0 Å². The molecule has 0 radical (unpaired) electrons. The first-order valence-electron chi connectivity index (χ1n) is 5.72. The SMILES string of the molecule is COc1ccc(CC(C#N)C(C)C)cc1OC. The molecule has 0 saturated carbocycles. The molecule has 92 valence electrons. The maximum Gasteiger partial charge on any atom is 0.160 e. The highest BCUT2D eigenvalue weighted by Crippen LogP contribution is 2.29. The summed E-state index contributed by atoms with van der Waals surface area (Å²) in [4.78, 5) is 0. The van der Waals surface area contributed by atoms with E-state index in [1.165, 1.54) is 0 Å². The lowest BCUT2D eigenvalue weighted by Gasteiger charge is -2.14. The molecule has 0 heterocycles. The molecule has 0 aromatic heterocycles. The van der Waals surface area contributed by atoms with E-state index in [1.54, 1.807) is 14.2 Å². The van der Waals surface area contributed by atoms with Crippen LogP contribution in [0.15, 0.2) is 18.2 Å². The van der Waals surface area contributed by atoms with Crippen LogP contribution in [0.1, 0.15) is 19.4 Å². The van der Waals surface area contributed by atoms with Crippen LogP contribution in [-0.4, -0.2) is 14.2 Å². The Morgan fingerprint density at radius 1 is 1.18 bits per heavy atom. The first-order valence-corrected chi connectivity index (χ1v) is 5.72. The first kappa shape index (κ1) is 13.4. The van der Waals surface area contributed by atoms with Crippen molar-refractivity contribution in [2.75, 3.05) is 14.2 Å². The minimum absolute atomic E-state index is 0.0353. The summed E-state index contributed by atoms with van der Waals surface area (Å²) in [7, 11) is 3.23. The Labute approximate surface area is 103 Å². The van der Waals surface area contributed by atoms with Crippen molar-refractivity contribution in [1.82, 2.24) is 0 Å². The zero-order valence-corrected chi connectivity index (χ0v) is 10.9. The van der Waals surface area contributed by atoms with E-state index in [1.807, 2.05) is 18.2 Å². The third-order valence-corrected chi connectivity index (χ3v) is 2.87. The Bertz CT molecular complexity index is 407. The van der Waals surface area contributed by atoms with E-state index < -0.39 is 0 Å². The lowest BCUT2D eigenvalue weighted by molar-refractivity contribution is 0.354. The van der Waals surface area contributed by atoms with E-state index in [0.717, 1.165) is 12.0 Å². The number of hydrogen-bond donors (Lipinski definition) is 0. The van der Waals surface area contributed by atoms with Gasteiger partial charge in [0.2, 0.25) is 0 Å². The first-order chi connectivity index (χ1) is 8.12. The summed E-state index contributed by atoms with van der Waals surface area (Å²) in [5, 5.41) is 9.08. The van der Waals surface area contributed by atoms with Crippen molar-refractivity contribution in [2.45, 2.75) is 20.3 Å². The third kappa shape index (κ3) is 3.39. The van der Waals surface area contributed by atoms with Crippen molar-refractivity contribution in [1.29, 1.82) is 5.26 Å². The van der Waals surface area contributed by atoms with Crippen LogP contribution in [0.25, 0.3) is 0 Å². The fourth-order valence-corrected chi connectivity index (χ4v) is 1.69. The molecule has 0 bridgehead atoms. The minimum Gasteiger partial charge on any atom is -0.493 e. The normalized spacial score (nSPS) is 12.0. The number of hydrogen-bond acceptors (Lipinski definition) is 3. The summed E-state index contributed by atoms with van der Waals surface area (Å²) < 4.78 is 10.4. The van der Waals surface area contributed by atoms with E-state index in [-0.39, 0.29) is 5.92 Å². The molecule has 0 N–H and O–H groups in total. The van der Waals surface area contributed by atoms with Gasteiger partial charge in [-0.2, -0.15) is 5.26 Å². The van der Waals surface area contributed by atoms with Gasteiger partial charge in [0.25, 0.3) is 0 Å². The molecule has 1 rings (SSSR count). The highest BCUT2D eigenvalue weighted by Gasteiger charge is 2.14. The van der Waals surface area contributed by atoms with Gasteiger partial charge in [-0.15, -0.1) is 0 Å². The van der Waals surface area contributed by atoms with Gasteiger partial charge in [0.15, 0.2) is 11.5 Å². The van der Waals surface area contributed by atoms with Crippen molar-refractivity contribution >= 4 is 0 Å². The number of methoxy groups -OCH3 is 2. The van der Waals surface area contributed by atoms with E-state index in [0.29, 0.717) is 17.4 Å². The zero-order valence-electron chi connectivity index (χ0n) is 10.9. The molecule has 0 fully saturated rings. The molecule has 3 nitrogen and oxygen atoms in total. The molecule has 1 unspecified atom stereocenters. The summed E-state index contributed by atoms with van der Waals surface area (Å²) in [6.07, 6.45) is 0.745. The van der Waals surface area contributed by atoms with Crippen LogP contribution < -0.4 is 9.47 Å². The Hall–Kier alpha value is -1.69. The van der Waals surface area contributed by atoms with E-state index in [2.05, 4.69) is 19.9 Å². The van der Waals surface area contributed by atoms with Crippen LogP contribution in [0.5, 0.6) is 11.5 Å². The monoisotopic (exact) mass is 233 g/mol. The maximum atomic E-state index is 9.08. The van der Waals surface area contributed by atoms with Crippen LogP contribution in [0.2, 0.25) is 0 Å². The number of nitriles is 1. The molecular formula is C14H19NO2. The molecule has 0 aliphatic carbocycles. The molecule has 0 aliphatic rings. The highest BCUT2D eigenvalue weighted by molar-refractivity contribution is 5.43. The topological polar surface area (TPSA) is 42.2 Å². The van der Waals surface area contributed by atoms with Crippen LogP contribution in [0.3, 0.4) is 0 Å². The molecule has 1 aromatic carbocycles. The second-order valence-corrected chi connectivity index (χ2v) is 4.37. The van der Waals surface area contributed by atoms with Crippen molar-refractivity contribution in [3.63, 3.8) is 0 Å². The molecule has 3 heteroatoms. The predicted octanol–water partition coefficient (Wildman–Crippen LogP) is 3.04. The second-order valence-electron chi connectivity index (χ2n) is 4.37. The summed E-state index contributed by atoms with van der Waals surface area (Å²) in [5.41, 5.74) is 1.10. The van der Waals surface area contributed by atoms with E-state index in [9.17, 15) is 0 Å². The Balaban J connectivity index is 2.89. The average molecular weight is 233 g/mol. The quantitative estimate of drug-likeness (QED) is 0.785. The van der Waals surface area contributed by atoms with Gasteiger partial charge in [-0.25, -0.2) is 0 Å². The van der Waals surface area contributed by atoms with Gasteiger partial charge in [0, 0.05) is 0 Å². The molecule has 1 atom stereocenters. The van der Waals surface area contributed by atoms with Gasteiger partial charge in [0.05, 0.1) is 26.2 Å². The van der Waals surface area contributed by atoms with Crippen molar-refractivity contribution in [3.8, 4) is 17.6 Å². The van der Waals surface area contributed by atoms with Gasteiger partial charge in [-0.3, -0.25) is 0 Å². The largest absolute Gasteiger partial charge is 0.493 e. The minimum atomic E-state index is 0.0353. The van der Waals surface area contributed by atoms with Gasteiger partial charge in [-0.05, 0) is 30.0 Å². The molecule has 0 saturated heterocycles. The van der Waals surface area contributed by atoms with Gasteiger partial charge < -0.3 is 9.47 Å². The number of benzene rings is 1. The van der Waals surface area contributed by atoms with Crippen LogP contribution >= 0.6 is 0 Å². The summed E-state index contributed by atoms with van der Waals surface area (Å²) in [6, 6.07) is 8.14. The van der Waals surface area contributed by atoms with Crippen LogP contribution in [-0.2, 0) is 6.42 Å². The van der Waals surface area contributed by atoms with Crippen molar-refractivity contribution < 1.29 is 9.47 Å². The fraction of sp³-hybridized carbons (Fsp3) is 0.500. The Morgan fingerprint density at radius 2 is 1.82 bits per heavy atom. The Morgan fingerprint density at radius 3 is 2.29 bits per heavy atom. The number of nitrogens with zero attached hydrogens (tertiary/aromatic N) is 1. The zero-order chi connectivity index (χ0) is 12.8. The maximum absolute atomic E-state index is 9.08. The fourth-order valence-electron chi connectivity index (χ4n) is 1.69. The van der Waals surface area contributed by atoms with Gasteiger partial charge in [-0.1, -0.05) is 19.9 Å². The summed E-state index contributed by atoms with van der Waals surface area (Å²) >= 11 is 0. The van der Waals surface area contributed by atoms with E-state index in [4.69, 9.17) is 14.7 Å². The predicted molar refractivity (Wildman–Crippen MR) is 67.2 cm³/mol. The smallest absolute Gasteiger partial charge is 0.160 e. The molecule has 1 aromatic rings. The molecule has 17 heavy (non-hydrogen) atoms. The standard InChI is InChI=1S/C14H19NO2/c1-10(2)12(9-15)7-11-5-6-13(16-3)14(8-11)17-4/h5-6,8,10,12H,7H2,1-4H3. The molecular weight excluding hydrogens is 214 g/mol. The third-order valence-electron chi connectivity index (χ3n) is 2.87. The van der Waals surface area contributed by atoms with Crippen LogP contribution in [0, 0.1) is 23.2 Å². The second kappa shape index (κ2) is 6.15. The van der Waals surface area contributed by atoms with E-state index >= 15 is 0 Å². The number of rotatable bonds is 5. The molecule has 0 amide bonds. The van der Waals surface area contributed by atoms with Crippen molar-refractivity contribution in [2.24, 2.45) is 11.8 Å². The Kier molecular flexibility index (Phi) is 4.84. The number of ether oxygens (including phenoxy) is 2. The van der Waals surface area contributed by atoms with Crippen molar-refractivity contribution in [3.05, 3.63) is 23.8 Å². The lowest BCUT2D eigenvalue weighted by Crippen LogP contribution is -2.09. The van der Waals surface area contributed by atoms with Crippen LogP contribution in [0.4, 0.5) is 0 Å². The van der Waals surface area contributed by atoms with Gasteiger partial charge >= 0.3 is 0 Å². The highest BCUT2D eigenvalue weighted by atomic mass is 16.5. The average Bonchev–Trinajstić information content (AvgIpc) is 2.35. The lowest BCUT2D eigenvalue weighted by atomic mass is 9.90. The molecule has 0 spiro atoms. The summed E-state index contributed by atoms with van der Waals surface area (Å²) in [6.45, 7) is 4.13. The summed E-state index contributed by atoms with van der Waals surface area (Å²) in [5.74, 6) is 1.82. The molecule has 0 aliphatic heterocycles.